The number of amides is 2. The zero-order valence-electron chi connectivity index (χ0n) is 18.1. The van der Waals surface area contributed by atoms with Gasteiger partial charge in [-0.05, 0) is 78.9 Å². The number of rotatable bonds is 6. The molecule has 0 unspecified atom stereocenters. The lowest BCUT2D eigenvalue weighted by molar-refractivity contribution is 0.101. The van der Waals surface area contributed by atoms with Crippen molar-refractivity contribution >= 4 is 34.1 Å². The Labute approximate surface area is 196 Å². The van der Waals surface area contributed by atoms with Gasteiger partial charge in [0.25, 0.3) is 11.8 Å². The fourth-order valence-electron chi connectivity index (χ4n) is 3.57. The Morgan fingerprint density at radius 3 is 2.12 bits per heavy atom. The number of H-pyrrole nitrogens is 1. The van der Waals surface area contributed by atoms with Crippen LogP contribution in [0.25, 0.3) is 10.9 Å². The van der Waals surface area contributed by atoms with Gasteiger partial charge in [0.1, 0.15) is 11.5 Å². The van der Waals surface area contributed by atoms with Crippen molar-refractivity contribution in [1.29, 1.82) is 0 Å². The van der Waals surface area contributed by atoms with Gasteiger partial charge in [0.2, 0.25) is 0 Å². The highest BCUT2D eigenvalue weighted by Crippen LogP contribution is 2.22. The zero-order valence-corrected chi connectivity index (χ0v) is 18.1. The molecule has 0 saturated carbocycles. The Hall–Kier alpha value is -4.84. The first-order valence-corrected chi connectivity index (χ1v) is 10.8. The summed E-state index contributed by atoms with van der Waals surface area (Å²) in [5, 5.41) is 6.76. The lowest BCUT2D eigenvalue weighted by Gasteiger charge is -2.10. The topological polar surface area (TPSA) is 83.2 Å². The minimum Gasteiger partial charge on any atom is -0.457 e. The van der Waals surface area contributed by atoms with E-state index in [1.165, 1.54) is 0 Å². The molecule has 0 bridgehead atoms. The molecule has 0 aliphatic heterocycles. The molecule has 34 heavy (non-hydrogen) atoms. The quantitative estimate of drug-likeness (QED) is 0.279. The van der Waals surface area contributed by atoms with Crippen LogP contribution in [0.4, 0.5) is 11.4 Å². The second-order valence-electron chi connectivity index (χ2n) is 7.71. The third-order valence-electron chi connectivity index (χ3n) is 5.29. The lowest BCUT2D eigenvalue weighted by Crippen LogP contribution is -2.14. The van der Waals surface area contributed by atoms with Crippen LogP contribution in [0, 0.1) is 0 Å². The number of anilines is 2. The molecule has 0 aliphatic carbocycles. The van der Waals surface area contributed by atoms with Crippen molar-refractivity contribution in [3.05, 3.63) is 120 Å². The number of carbonyl (C=O) groups excluding carboxylic acids is 2. The van der Waals surface area contributed by atoms with Crippen LogP contribution in [0.15, 0.2) is 109 Å². The van der Waals surface area contributed by atoms with Crippen LogP contribution < -0.4 is 15.4 Å². The predicted molar refractivity (Wildman–Crippen MR) is 134 cm³/mol. The Bertz CT molecular complexity index is 1460. The monoisotopic (exact) mass is 447 g/mol. The normalized spacial score (nSPS) is 10.6. The summed E-state index contributed by atoms with van der Waals surface area (Å²) in [7, 11) is 0. The molecule has 0 atom stereocenters. The zero-order chi connectivity index (χ0) is 23.3. The van der Waals surface area contributed by atoms with Crippen molar-refractivity contribution in [2.75, 3.05) is 10.6 Å². The van der Waals surface area contributed by atoms with E-state index in [1.54, 1.807) is 48.5 Å². The molecule has 6 heteroatoms. The smallest absolute Gasteiger partial charge is 0.255 e. The van der Waals surface area contributed by atoms with E-state index < -0.39 is 0 Å². The highest BCUT2D eigenvalue weighted by molar-refractivity contribution is 6.07. The number of carbonyl (C=O) groups is 2. The Kier molecular flexibility index (Phi) is 5.78. The molecule has 3 N–H and O–H groups in total. The summed E-state index contributed by atoms with van der Waals surface area (Å²) in [5.74, 6) is 0.831. The second-order valence-corrected chi connectivity index (χ2v) is 7.71. The average Bonchev–Trinajstić information content (AvgIpc) is 3.33. The molecule has 2 amide bonds. The first kappa shape index (κ1) is 21.0. The maximum absolute atomic E-state index is 12.7. The summed E-state index contributed by atoms with van der Waals surface area (Å²) in [4.78, 5) is 28.6. The summed E-state index contributed by atoms with van der Waals surface area (Å²) < 4.78 is 5.76. The number of benzene rings is 4. The first-order valence-electron chi connectivity index (χ1n) is 10.8. The van der Waals surface area contributed by atoms with Crippen LogP contribution in [0.1, 0.15) is 20.7 Å². The number of hydrogen-bond donors (Lipinski definition) is 3. The van der Waals surface area contributed by atoms with Gasteiger partial charge in [-0.1, -0.05) is 24.3 Å². The minimum absolute atomic E-state index is 0.256. The molecule has 5 aromatic rings. The summed E-state index contributed by atoms with van der Waals surface area (Å²) in [5.41, 5.74) is 3.16. The number of aromatic nitrogens is 1. The highest BCUT2D eigenvalue weighted by atomic mass is 16.5. The van der Waals surface area contributed by atoms with Crippen molar-refractivity contribution in [3.8, 4) is 11.5 Å². The molecule has 5 rings (SSSR count). The first-order chi connectivity index (χ1) is 16.6. The van der Waals surface area contributed by atoms with Gasteiger partial charge >= 0.3 is 0 Å². The SMILES string of the molecule is O=C(Nc1cccc(C(=O)Nc2ccc3[nH]ccc3c2)c1)c1ccc(Oc2ccccc2)cc1. The van der Waals surface area contributed by atoms with Gasteiger partial charge in [-0.2, -0.15) is 0 Å². The van der Waals surface area contributed by atoms with E-state index in [0.29, 0.717) is 28.3 Å². The maximum Gasteiger partial charge on any atom is 0.255 e. The third kappa shape index (κ3) is 4.81. The number of aromatic amines is 1. The molecule has 0 radical (unpaired) electrons. The van der Waals surface area contributed by atoms with Gasteiger partial charge in [0, 0.05) is 39.6 Å². The molecular formula is C28H21N3O3. The van der Waals surface area contributed by atoms with Gasteiger partial charge < -0.3 is 20.4 Å². The van der Waals surface area contributed by atoms with E-state index in [9.17, 15) is 9.59 Å². The fourth-order valence-corrected chi connectivity index (χ4v) is 3.57. The van der Waals surface area contributed by atoms with Crippen molar-refractivity contribution in [3.63, 3.8) is 0 Å². The highest BCUT2D eigenvalue weighted by Gasteiger charge is 2.11. The molecule has 0 fully saturated rings. The number of para-hydroxylation sites is 1. The Morgan fingerprint density at radius 1 is 0.618 bits per heavy atom. The summed E-state index contributed by atoms with van der Waals surface area (Å²) in [6.07, 6.45) is 1.85. The predicted octanol–water partition coefficient (Wildman–Crippen LogP) is 6.46. The van der Waals surface area contributed by atoms with E-state index in [4.69, 9.17) is 4.74 Å². The molecular weight excluding hydrogens is 426 g/mol. The van der Waals surface area contributed by atoms with E-state index in [1.807, 2.05) is 60.8 Å². The standard InChI is InChI=1S/C28H21N3O3/c32-27(19-9-12-25(13-10-19)34-24-7-2-1-3-8-24)30-22-6-4-5-21(18-22)28(33)31-23-11-14-26-20(17-23)15-16-29-26/h1-18,29H,(H,30,32)(H,31,33). The number of ether oxygens (including phenoxy) is 1. The third-order valence-corrected chi connectivity index (χ3v) is 5.29. The van der Waals surface area contributed by atoms with Gasteiger partial charge in [-0.3, -0.25) is 9.59 Å². The van der Waals surface area contributed by atoms with Gasteiger partial charge in [0.15, 0.2) is 0 Å². The van der Waals surface area contributed by atoms with E-state index in [-0.39, 0.29) is 11.8 Å². The summed E-state index contributed by atoms with van der Waals surface area (Å²) in [6.45, 7) is 0. The summed E-state index contributed by atoms with van der Waals surface area (Å²) in [6, 6.07) is 30.7. The van der Waals surface area contributed by atoms with Crippen LogP contribution in [-0.4, -0.2) is 16.8 Å². The Balaban J connectivity index is 1.24. The minimum atomic E-state index is -0.276. The average molecular weight is 447 g/mol. The van der Waals surface area contributed by atoms with E-state index >= 15 is 0 Å². The van der Waals surface area contributed by atoms with E-state index in [2.05, 4.69) is 15.6 Å². The van der Waals surface area contributed by atoms with E-state index in [0.717, 1.165) is 16.7 Å². The molecule has 1 aromatic heterocycles. The molecule has 166 valence electrons. The van der Waals surface area contributed by atoms with Gasteiger partial charge in [-0.25, -0.2) is 0 Å². The van der Waals surface area contributed by atoms with Gasteiger partial charge in [-0.15, -0.1) is 0 Å². The van der Waals surface area contributed by atoms with Crippen LogP contribution in [-0.2, 0) is 0 Å². The van der Waals surface area contributed by atoms with Gasteiger partial charge in [0.05, 0.1) is 0 Å². The Morgan fingerprint density at radius 2 is 1.32 bits per heavy atom. The van der Waals surface area contributed by atoms with Crippen molar-refractivity contribution in [2.24, 2.45) is 0 Å². The molecule has 4 aromatic carbocycles. The van der Waals surface area contributed by atoms with Crippen molar-refractivity contribution in [2.45, 2.75) is 0 Å². The maximum atomic E-state index is 12.7. The number of fused-ring (bicyclic) bond motifs is 1. The van der Waals surface area contributed by atoms with Crippen molar-refractivity contribution in [1.82, 2.24) is 4.98 Å². The van der Waals surface area contributed by atoms with Crippen LogP contribution >= 0.6 is 0 Å². The lowest BCUT2D eigenvalue weighted by atomic mass is 10.1. The van der Waals surface area contributed by atoms with Crippen LogP contribution in [0.3, 0.4) is 0 Å². The number of hydrogen-bond acceptors (Lipinski definition) is 3. The number of nitrogens with one attached hydrogen (secondary N) is 3. The summed E-state index contributed by atoms with van der Waals surface area (Å²) >= 11 is 0. The molecule has 0 spiro atoms. The fraction of sp³-hybridized carbons (Fsp3) is 0. The second kappa shape index (κ2) is 9.34. The molecule has 6 nitrogen and oxygen atoms in total. The van der Waals surface area contributed by atoms with Crippen LogP contribution in [0.2, 0.25) is 0 Å². The van der Waals surface area contributed by atoms with Crippen LogP contribution in [0.5, 0.6) is 11.5 Å². The molecule has 0 aliphatic rings. The van der Waals surface area contributed by atoms with Crippen molar-refractivity contribution < 1.29 is 14.3 Å². The largest absolute Gasteiger partial charge is 0.457 e. The molecule has 1 heterocycles. The molecule has 0 saturated heterocycles.